The van der Waals surface area contributed by atoms with Crippen molar-refractivity contribution in [2.75, 3.05) is 10.6 Å². The highest BCUT2D eigenvalue weighted by molar-refractivity contribution is 7.90. The van der Waals surface area contributed by atoms with Crippen molar-refractivity contribution in [2.45, 2.75) is 208 Å². The zero-order valence-corrected chi connectivity index (χ0v) is 55.3. The molecule has 0 spiro atoms. The van der Waals surface area contributed by atoms with E-state index in [9.17, 15) is 36.0 Å². The number of nitrogens with zero attached hydrogens (tertiary/aromatic N) is 2. The van der Waals surface area contributed by atoms with Crippen LogP contribution >= 0.6 is 22.7 Å². The lowest BCUT2D eigenvalue weighted by Gasteiger charge is -2.28. The Labute approximate surface area is 531 Å². The van der Waals surface area contributed by atoms with Crippen LogP contribution in [-0.4, -0.2) is 86.3 Å². The molecule has 89 heavy (non-hydrogen) atoms. The molecule has 0 aliphatic heterocycles. The number of thiazole rings is 2. The Morgan fingerprint density at radius 1 is 0.618 bits per heavy atom. The fourth-order valence-electron chi connectivity index (χ4n) is 12.1. The summed E-state index contributed by atoms with van der Waals surface area (Å²) >= 11 is 2.91. The van der Waals surface area contributed by atoms with Gasteiger partial charge in [-0.15, -0.1) is 22.7 Å². The van der Waals surface area contributed by atoms with E-state index in [0.29, 0.717) is 57.9 Å². The minimum absolute atomic E-state index is 0.0201. The van der Waals surface area contributed by atoms with Gasteiger partial charge in [0, 0.05) is 82.2 Å². The topological polar surface area (TPSA) is 265 Å². The molecule has 476 valence electrons. The quantitative estimate of drug-likeness (QED) is 0.0376. The number of ether oxygens (including phenoxy) is 2. The Hall–Kier alpha value is -6.76. The van der Waals surface area contributed by atoms with Crippen molar-refractivity contribution >= 4 is 78.2 Å². The maximum Gasteiger partial charge on any atom is 0.407 e. The predicted molar refractivity (Wildman–Crippen MR) is 348 cm³/mol. The van der Waals surface area contributed by atoms with Crippen LogP contribution in [-0.2, 0) is 46.3 Å². The van der Waals surface area contributed by atoms with Crippen LogP contribution < -0.4 is 36.0 Å². The number of hydrogen-bond donors (Lipinski definition) is 7. The predicted octanol–water partition coefficient (Wildman–Crippen LogP) is 13.2. The van der Waals surface area contributed by atoms with E-state index >= 15 is 0 Å². The molecule has 4 aromatic carbocycles. The maximum atomic E-state index is 14.1. The zero-order chi connectivity index (χ0) is 63.6. The van der Waals surface area contributed by atoms with Gasteiger partial charge in [0.2, 0.25) is 26.0 Å². The first-order valence-corrected chi connectivity index (χ1v) is 35.4. The van der Waals surface area contributed by atoms with Gasteiger partial charge in [-0.05, 0) is 180 Å². The van der Waals surface area contributed by atoms with Crippen molar-refractivity contribution in [3.8, 4) is 20.9 Å². The number of benzene rings is 4. The second kappa shape index (κ2) is 26.6. The summed E-state index contributed by atoms with van der Waals surface area (Å²) in [4.78, 5) is 63.7. The minimum atomic E-state index is -4.06. The van der Waals surface area contributed by atoms with Gasteiger partial charge in [-0.2, -0.15) is 0 Å². The maximum absolute atomic E-state index is 14.1. The molecular formula is C66H83N9O10S4. The molecule has 6 aromatic rings. The summed E-state index contributed by atoms with van der Waals surface area (Å²) in [5.74, 6) is -0.285. The van der Waals surface area contributed by atoms with E-state index in [0.717, 1.165) is 78.1 Å². The lowest BCUT2D eigenvalue weighted by atomic mass is 9.86. The Kier molecular flexibility index (Phi) is 19.5. The lowest BCUT2D eigenvalue weighted by Crippen LogP contribution is -2.40. The second-order valence-electron chi connectivity index (χ2n) is 26.7. The van der Waals surface area contributed by atoms with Crippen LogP contribution in [0, 0.1) is 5.92 Å². The van der Waals surface area contributed by atoms with E-state index in [1.807, 2.05) is 69.3 Å². The van der Waals surface area contributed by atoms with E-state index in [1.54, 1.807) is 78.2 Å². The van der Waals surface area contributed by atoms with E-state index in [-0.39, 0.29) is 57.6 Å². The molecule has 3 atom stereocenters. The smallest absolute Gasteiger partial charge is 0.407 e. The molecule has 4 aliphatic rings. The van der Waals surface area contributed by atoms with Crippen LogP contribution in [0.4, 0.5) is 25.8 Å². The van der Waals surface area contributed by atoms with Gasteiger partial charge in [0.15, 0.2) is 0 Å². The molecule has 23 heteroatoms. The molecule has 5 amide bonds. The Morgan fingerprint density at radius 2 is 1.12 bits per heavy atom. The molecule has 7 N–H and O–H groups in total. The van der Waals surface area contributed by atoms with E-state index in [1.165, 1.54) is 34.8 Å². The Bertz CT molecular complexity index is 3780. The van der Waals surface area contributed by atoms with Gasteiger partial charge in [-0.1, -0.05) is 66.7 Å². The van der Waals surface area contributed by atoms with Gasteiger partial charge < -0.3 is 36.1 Å². The number of aromatic nitrogens is 2. The van der Waals surface area contributed by atoms with E-state index in [4.69, 9.17) is 19.4 Å². The first-order valence-electron chi connectivity index (χ1n) is 30.8. The van der Waals surface area contributed by atoms with Crippen molar-refractivity contribution < 1.29 is 45.5 Å². The lowest BCUT2D eigenvalue weighted by molar-refractivity contribution is -0.117. The molecule has 4 fully saturated rings. The van der Waals surface area contributed by atoms with Crippen LogP contribution in [0.1, 0.15) is 177 Å². The van der Waals surface area contributed by atoms with E-state index in [2.05, 4.69) is 42.1 Å². The molecule has 2 heterocycles. The fourth-order valence-corrected chi connectivity index (χ4v) is 17.8. The summed E-state index contributed by atoms with van der Waals surface area (Å²) in [5, 5.41) is 16.8. The third-order valence-electron chi connectivity index (χ3n) is 16.4. The average molecular weight is 1290 g/mol. The van der Waals surface area contributed by atoms with Crippen LogP contribution in [0.3, 0.4) is 0 Å². The number of carbonyl (C=O) groups excluding carboxylic acids is 4. The second-order valence-corrected chi connectivity index (χ2v) is 32.2. The third-order valence-corrected chi connectivity index (χ3v) is 22.4. The summed E-state index contributed by atoms with van der Waals surface area (Å²) in [6.07, 6.45) is 10.7. The molecular weight excluding hydrogens is 1210 g/mol. The van der Waals surface area contributed by atoms with Gasteiger partial charge in [0.25, 0.3) is 0 Å². The highest BCUT2D eigenvalue weighted by Gasteiger charge is 2.46. The molecule has 0 bridgehead atoms. The number of rotatable bonds is 20. The molecule has 19 nitrogen and oxygen atoms in total. The highest BCUT2D eigenvalue weighted by atomic mass is 32.2. The third kappa shape index (κ3) is 17.0. The molecule has 4 aliphatic carbocycles. The van der Waals surface area contributed by atoms with Crippen molar-refractivity contribution in [1.29, 1.82) is 0 Å². The van der Waals surface area contributed by atoms with Gasteiger partial charge >= 0.3 is 18.2 Å². The monoisotopic (exact) mass is 1290 g/mol. The number of sulfonamides is 2. The fraction of sp³-hybridized carbons (Fsp3) is 0.485. The molecule has 0 radical (unpaired) electrons. The highest BCUT2D eigenvalue weighted by Crippen LogP contribution is 2.49. The molecule has 4 saturated carbocycles. The molecule has 2 aromatic heterocycles. The molecule has 10 rings (SSSR count). The number of hydrogen-bond acceptors (Lipinski definition) is 14. The minimum Gasteiger partial charge on any atom is -0.447 e. The van der Waals surface area contributed by atoms with Crippen molar-refractivity contribution in [2.24, 2.45) is 5.92 Å². The number of amides is 5. The first-order chi connectivity index (χ1) is 42.1. The van der Waals surface area contributed by atoms with Crippen LogP contribution in [0.25, 0.3) is 20.9 Å². The zero-order valence-electron chi connectivity index (χ0n) is 52.0. The SMILES string of the molecule is CC(C)OC(=O)NC1CCC(c2ncc(-c3ccc(NC(=O)C4CC4c4cccc(CC(C)OC(=O)NC5CCC(c6ncc(-c7ccc(NC(=O)NC8(c9ccccc9)CC8)cc7S(=O)(=O)NC(C)(C)C)s6)CC5)c4)cc3S(=O)(=O)NC(C)(C)C)s2)CC1. The number of carbonyl (C=O) groups is 4. The van der Waals surface area contributed by atoms with Gasteiger partial charge in [0.05, 0.1) is 41.2 Å². The normalized spacial score (nSPS) is 21.2. The number of nitrogens with one attached hydrogen (secondary N) is 7. The summed E-state index contributed by atoms with van der Waals surface area (Å²) in [7, 11) is -8.11. The number of alkyl carbamates (subject to hydrolysis) is 2. The van der Waals surface area contributed by atoms with Crippen LogP contribution in [0.5, 0.6) is 0 Å². The number of urea groups is 1. The average Bonchev–Trinajstić information content (AvgIpc) is 1.87. The number of anilines is 2. The Morgan fingerprint density at radius 3 is 1.62 bits per heavy atom. The largest absolute Gasteiger partial charge is 0.447 e. The molecule has 0 saturated heterocycles. The van der Waals surface area contributed by atoms with Crippen LogP contribution in [0.2, 0.25) is 0 Å². The van der Waals surface area contributed by atoms with Gasteiger partial charge in [-0.3, -0.25) is 4.79 Å². The summed E-state index contributed by atoms with van der Waals surface area (Å²) < 4.78 is 72.9. The van der Waals surface area contributed by atoms with Crippen LogP contribution in [0.15, 0.2) is 113 Å². The Balaban J connectivity index is 0.705. The summed E-state index contributed by atoms with van der Waals surface area (Å²) in [6.45, 7) is 16.2. The first kappa shape index (κ1) is 65.2. The summed E-state index contributed by atoms with van der Waals surface area (Å²) in [5.41, 5.74) is 2.67. The van der Waals surface area contributed by atoms with Gasteiger partial charge in [0.1, 0.15) is 6.10 Å². The van der Waals surface area contributed by atoms with Crippen molar-refractivity contribution in [3.05, 3.63) is 130 Å². The standard InChI is InChI=1S/C66H83N9O10S4/c1-39(2)84-62(78)71-46-22-18-42(19-23-46)59-67-37-54(86-59)50-28-26-48(34-56(50)88(80,81)74-64(4,5)6)69-58(76)53-36-52(53)44-15-13-14-41(33-44)32-40(3)85-63(79)72-47-24-20-43(21-25-47)60-68-38-55(87-60)51-29-27-49(35-57(51)89(82,83)75-65(7,8)9)70-61(77)73-66(30-31-66)45-16-11-10-12-17-45/h10-17,26-29,33-35,37-40,42-43,46-47,52-53,74-75H,18-25,30-32,36H2,1-9H3,(H,69,76)(H,71,78)(H,72,79)(H2,70,73,77). The van der Waals surface area contributed by atoms with Crippen molar-refractivity contribution in [3.63, 3.8) is 0 Å². The van der Waals surface area contributed by atoms with Crippen molar-refractivity contribution in [1.82, 2.24) is 35.4 Å². The summed E-state index contributed by atoms with van der Waals surface area (Å²) in [6, 6.07) is 27.2. The van der Waals surface area contributed by atoms with E-state index < -0.39 is 61.0 Å². The van der Waals surface area contributed by atoms with Gasteiger partial charge in [-0.25, -0.2) is 50.6 Å². The molecule has 3 unspecified atom stereocenters.